The normalized spacial score (nSPS) is 14.3. The van der Waals surface area contributed by atoms with Crippen molar-refractivity contribution in [2.75, 3.05) is 13.2 Å². The first-order valence-corrected chi connectivity index (χ1v) is 10.3. The smallest absolute Gasteiger partial charge is 0.294 e. The van der Waals surface area contributed by atoms with Crippen molar-refractivity contribution in [1.29, 1.82) is 0 Å². The van der Waals surface area contributed by atoms with Crippen molar-refractivity contribution in [3.8, 4) is 0 Å². The predicted molar refractivity (Wildman–Crippen MR) is 84.4 cm³/mol. The van der Waals surface area contributed by atoms with E-state index in [1.165, 1.54) is 0 Å². The van der Waals surface area contributed by atoms with Crippen LogP contribution in [-0.2, 0) is 13.6 Å². The van der Waals surface area contributed by atoms with Crippen LogP contribution in [0.15, 0.2) is 0 Å². The van der Waals surface area contributed by atoms with Gasteiger partial charge in [0.25, 0.3) is 0 Å². The third kappa shape index (κ3) is 13.6. The molecule has 0 aromatic heterocycles. The lowest BCUT2D eigenvalue weighted by Crippen LogP contribution is -2.12. The minimum absolute atomic E-state index is 0.0215. The van der Waals surface area contributed by atoms with Gasteiger partial charge in [0.1, 0.15) is 0 Å². The molecule has 0 saturated heterocycles. The summed E-state index contributed by atoms with van der Waals surface area (Å²) in [5.41, 5.74) is 0. The molecule has 92 valence electrons. The maximum absolute atomic E-state index is 11.5. The first-order valence-electron chi connectivity index (χ1n) is 3.14. The van der Waals surface area contributed by atoms with Crippen molar-refractivity contribution in [2.24, 2.45) is 0 Å². The quantitative estimate of drug-likeness (QED) is 0.276. The molecule has 0 aromatic rings. The highest BCUT2D eigenvalue weighted by atomic mass is 80.0. The molecule has 0 aliphatic carbocycles. The van der Waals surface area contributed by atoms with Crippen molar-refractivity contribution in [3.63, 3.8) is 0 Å². The van der Waals surface area contributed by atoms with Gasteiger partial charge in [-0.2, -0.15) is 0 Å². The summed E-state index contributed by atoms with van der Waals surface area (Å²) in [5, 5.41) is 0. The Kier molecular flexibility index (Phi) is 8.79. The van der Waals surface area contributed by atoms with Crippen LogP contribution in [-0.4, -0.2) is 17.5 Å². The summed E-state index contributed by atoms with van der Waals surface area (Å²) < 4.78 is 19.9. The highest BCUT2D eigenvalue weighted by Gasteiger charge is 2.30. The maximum atomic E-state index is 11.5. The fraction of sp³-hybridized carbons (Fsp3) is 1.00. The molecule has 11 heteroatoms. The molecule has 0 radical (unpaired) electrons. The van der Waals surface area contributed by atoms with Crippen LogP contribution in [0.25, 0.3) is 0 Å². The zero-order valence-electron chi connectivity index (χ0n) is 6.73. The van der Waals surface area contributed by atoms with Gasteiger partial charge in [0.2, 0.25) is 0 Å². The van der Waals surface area contributed by atoms with Gasteiger partial charge in [0.05, 0.1) is 13.2 Å². The molecule has 0 rings (SSSR count). The summed E-state index contributed by atoms with van der Waals surface area (Å²) in [6, 6.07) is 0. The number of halogens is 7. The molecular formula is C4H4Br6ClO3P. The topological polar surface area (TPSA) is 35.5 Å². The van der Waals surface area contributed by atoms with Crippen LogP contribution in [0, 0.1) is 0 Å². The largest absolute Gasteiger partial charge is 0.424 e. The Morgan fingerprint density at radius 3 is 1.40 bits per heavy atom. The van der Waals surface area contributed by atoms with E-state index in [9.17, 15) is 4.57 Å². The molecule has 0 bridgehead atoms. The third-order valence-corrected chi connectivity index (χ3v) is 3.60. The molecular weight excluding hydrogens is 642 g/mol. The molecule has 0 spiro atoms. The molecule has 0 amide bonds. The van der Waals surface area contributed by atoms with Crippen LogP contribution >= 0.6 is 114 Å². The molecule has 15 heavy (non-hydrogen) atoms. The van der Waals surface area contributed by atoms with Gasteiger partial charge in [-0.15, -0.1) is 0 Å². The van der Waals surface area contributed by atoms with Crippen molar-refractivity contribution in [1.82, 2.24) is 0 Å². The summed E-state index contributed by atoms with van der Waals surface area (Å²) in [6.45, 7) is -3.55. The van der Waals surface area contributed by atoms with Crippen molar-refractivity contribution < 1.29 is 13.6 Å². The molecule has 0 saturated carbocycles. The lowest BCUT2D eigenvalue weighted by atomic mass is 10.9. The number of hydrogen-bond acceptors (Lipinski definition) is 3. The summed E-state index contributed by atoms with van der Waals surface area (Å²) in [7, 11) is 0. The summed E-state index contributed by atoms with van der Waals surface area (Å²) in [5.74, 6) is 0. The number of alkyl halides is 6. The fourth-order valence-electron chi connectivity index (χ4n) is 0.338. The van der Waals surface area contributed by atoms with E-state index in [0.717, 1.165) is 0 Å². The SMILES string of the molecule is O=P(Cl)(OCC(Br)(Br)Br)OCC(Br)(Br)Br. The van der Waals surface area contributed by atoms with Crippen LogP contribution in [0.3, 0.4) is 0 Å². The van der Waals surface area contributed by atoms with E-state index in [4.69, 9.17) is 20.3 Å². The van der Waals surface area contributed by atoms with Gasteiger partial charge in [0, 0.05) is 11.2 Å². The minimum atomic E-state index is -3.59. The van der Waals surface area contributed by atoms with Gasteiger partial charge in [-0.3, -0.25) is 9.05 Å². The second-order valence-electron chi connectivity index (χ2n) is 2.21. The van der Waals surface area contributed by atoms with E-state index >= 15 is 0 Å². The standard InChI is InChI=1S/C4H4Br6ClO3P/c5-3(6,7)1-13-15(11,12)14-2-4(8,9)10/h1-2H2. The second kappa shape index (κ2) is 7.20. The van der Waals surface area contributed by atoms with Gasteiger partial charge in [-0.05, 0) is 0 Å². The monoisotopic (exact) mass is 639 g/mol. The van der Waals surface area contributed by atoms with Crippen LogP contribution < -0.4 is 0 Å². The Balaban J connectivity index is 4.04. The van der Waals surface area contributed by atoms with E-state index in [2.05, 4.69) is 95.6 Å². The second-order valence-corrected chi connectivity index (χ2v) is 19.3. The summed E-state index contributed by atoms with van der Waals surface area (Å²) in [4.78, 5) is 0. The molecule has 0 fully saturated rings. The van der Waals surface area contributed by atoms with Crippen molar-refractivity contribution >= 4 is 114 Å². The van der Waals surface area contributed by atoms with Gasteiger partial charge >= 0.3 is 6.95 Å². The van der Waals surface area contributed by atoms with E-state index in [-0.39, 0.29) is 13.2 Å². The average Bonchev–Trinajstić information content (AvgIpc) is 1.96. The summed E-state index contributed by atoms with van der Waals surface area (Å²) in [6.07, 6.45) is 0. The lowest BCUT2D eigenvalue weighted by Gasteiger charge is -2.18. The minimum Gasteiger partial charge on any atom is -0.294 e. The van der Waals surface area contributed by atoms with E-state index in [0.29, 0.717) is 0 Å². The Morgan fingerprint density at radius 1 is 0.933 bits per heavy atom. The molecule has 0 atom stereocenters. The lowest BCUT2D eigenvalue weighted by molar-refractivity contribution is 0.231. The van der Waals surface area contributed by atoms with Crippen molar-refractivity contribution in [3.05, 3.63) is 0 Å². The van der Waals surface area contributed by atoms with Crippen LogP contribution in [0.2, 0.25) is 0 Å². The maximum Gasteiger partial charge on any atom is 0.424 e. The van der Waals surface area contributed by atoms with Gasteiger partial charge in [-0.25, -0.2) is 4.57 Å². The van der Waals surface area contributed by atoms with Crippen LogP contribution in [0.1, 0.15) is 0 Å². The molecule has 0 unspecified atom stereocenters. The molecule has 0 N–H and O–H groups in total. The van der Waals surface area contributed by atoms with E-state index < -0.39 is 11.2 Å². The number of hydrogen-bond donors (Lipinski definition) is 0. The van der Waals surface area contributed by atoms with E-state index in [1.54, 1.807) is 0 Å². The molecule has 0 heterocycles. The van der Waals surface area contributed by atoms with E-state index in [1.807, 2.05) is 0 Å². The van der Waals surface area contributed by atoms with Gasteiger partial charge in [-0.1, -0.05) is 95.6 Å². The molecule has 0 aliphatic heterocycles. The first-order chi connectivity index (χ1) is 6.41. The molecule has 0 aliphatic rings. The van der Waals surface area contributed by atoms with Crippen LogP contribution in [0.5, 0.6) is 0 Å². The summed E-state index contributed by atoms with van der Waals surface area (Å²) >= 11 is 24.5. The number of rotatable bonds is 4. The third-order valence-electron chi connectivity index (χ3n) is 0.765. The first kappa shape index (κ1) is 18.3. The van der Waals surface area contributed by atoms with Crippen LogP contribution in [0.4, 0.5) is 0 Å². The zero-order chi connectivity index (χ0) is 12.3. The zero-order valence-corrected chi connectivity index (χ0v) is 17.9. The molecule has 3 nitrogen and oxygen atoms in total. The average molecular weight is 646 g/mol. The Morgan fingerprint density at radius 2 is 1.20 bits per heavy atom. The Hall–Kier alpha value is 3.32. The van der Waals surface area contributed by atoms with Crippen molar-refractivity contribution in [2.45, 2.75) is 4.29 Å². The van der Waals surface area contributed by atoms with Gasteiger partial charge < -0.3 is 0 Å². The highest BCUT2D eigenvalue weighted by molar-refractivity contribution is 9.39. The van der Waals surface area contributed by atoms with Gasteiger partial charge in [0.15, 0.2) is 4.29 Å². The predicted octanol–water partition coefficient (Wildman–Crippen LogP) is 6.04. The Labute approximate surface area is 143 Å². The fourth-order valence-corrected chi connectivity index (χ4v) is 3.15. The molecule has 0 aromatic carbocycles. The Bertz CT molecular complexity index is 228. The highest BCUT2D eigenvalue weighted by Crippen LogP contribution is 2.56.